The molecule has 2 rings (SSSR count). The van der Waals surface area contributed by atoms with E-state index in [1.807, 2.05) is 6.92 Å². The number of ketones is 1. The number of nitrogen functional groups attached to an aromatic ring is 1. The van der Waals surface area contributed by atoms with Crippen molar-refractivity contribution in [1.29, 1.82) is 0 Å². The minimum atomic E-state index is 0.0434. The molecule has 0 radical (unpaired) electrons. The summed E-state index contributed by atoms with van der Waals surface area (Å²) in [7, 11) is 0. The van der Waals surface area contributed by atoms with Gasteiger partial charge in [-0.15, -0.1) is 0 Å². The summed E-state index contributed by atoms with van der Waals surface area (Å²) in [5.41, 5.74) is 7.25. The van der Waals surface area contributed by atoms with Crippen molar-refractivity contribution in [3.63, 3.8) is 0 Å². The first kappa shape index (κ1) is 9.83. The molecule has 0 amide bonds. The van der Waals surface area contributed by atoms with Gasteiger partial charge in [0.2, 0.25) is 0 Å². The highest BCUT2D eigenvalue weighted by molar-refractivity contribution is 6.04. The van der Waals surface area contributed by atoms with E-state index in [0.29, 0.717) is 18.5 Å². The van der Waals surface area contributed by atoms with E-state index in [9.17, 15) is 9.90 Å². The fourth-order valence-electron chi connectivity index (χ4n) is 1.90. The van der Waals surface area contributed by atoms with Crippen LogP contribution in [0, 0.1) is 0 Å². The van der Waals surface area contributed by atoms with Crippen molar-refractivity contribution in [1.82, 2.24) is 0 Å². The van der Waals surface area contributed by atoms with Crippen LogP contribution in [0.25, 0.3) is 0 Å². The molecule has 1 aliphatic rings. The molecule has 4 nitrogen and oxygen atoms in total. The van der Waals surface area contributed by atoms with Gasteiger partial charge in [0, 0.05) is 31.1 Å². The Hall–Kier alpha value is -1.71. The second-order valence-corrected chi connectivity index (χ2v) is 3.68. The predicted molar refractivity (Wildman–Crippen MR) is 59.4 cm³/mol. The zero-order chi connectivity index (χ0) is 11.0. The van der Waals surface area contributed by atoms with E-state index in [2.05, 4.69) is 4.90 Å². The summed E-state index contributed by atoms with van der Waals surface area (Å²) in [4.78, 5) is 13.7. The number of nitrogens with zero attached hydrogens (tertiary/aromatic N) is 1. The normalized spacial score (nSPS) is 15.3. The first-order valence-corrected chi connectivity index (χ1v) is 5.04. The van der Waals surface area contributed by atoms with Gasteiger partial charge >= 0.3 is 0 Å². The third kappa shape index (κ3) is 1.52. The molecule has 4 heteroatoms. The van der Waals surface area contributed by atoms with E-state index >= 15 is 0 Å². The molecule has 0 atom stereocenters. The molecule has 1 aliphatic heterocycles. The van der Waals surface area contributed by atoms with Crippen molar-refractivity contribution in [3.05, 3.63) is 17.7 Å². The highest BCUT2D eigenvalue weighted by Crippen LogP contribution is 2.34. The van der Waals surface area contributed by atoms with Gasteiger partial charge < -0.3 is 15.7 Å². The molecule has 0 aromatic heterocycles. The maximum Gasteiger partial charge on any atom is 0.166 e. The second-order valence-electron chi connectivity index (χ2n) is 3.68. The van der Waals surface area contributed by atoms with Crippen LogP contribution in [0.4, 0.5) is 11.4 Å². The number of carbonyl (C=O) groups is 1. The molecule has 80 valence electrons. The van der Waals surface area contributed by atoms with E-state index in [-0.39, 0.29) is 17.2 Å². The number of rotatable bonds is 1. The Morgan fingerprint density at radius 1 is 1.53 bits per heavy atom. The summed E-state index contributed by atoms with van der Waals surface area (Å²) in [6.07, 6.45) is 0.519. The topological polar surface area (TPSA) is 66.6 Å². The standard InChI is InChI=1S/C11H14N2O2/c1-2-13-4-3-10(14)7-5-8(12)11(15)6-9(7)13/h5-6,15H,2-4,12H2,1H3. The summed E-state index contributed by atoms with van der Waals surface area (Å²) in [6.45, 7) is 3.56. The van der Waals surface area contributed by atoms with Gasteiger partial charge in [-0.25, -0.2) is 0 Å². The summed E-state index contributed by atoms with van der Waals surface area (Å²) in [6, 6.07) is 3.14. The summed E-state index contributed by atoms with van der Waals surface area (Å²) in [5.74, 6) is 0.142. The maximum absolute atomic E-state index is 11.6. The van der Waals surface area contributed by atoms with Crippen LogP contribution in [0.15, 0.2) is 12.1 Å². The molecule has 0 saturated heterocycles. The lowest BCUT2D eigenvalue weighted by atomic mass is 9.99. The molecule has 1 aromatic rings. The van der Waals surface area contributed by atoms with E-state index in [4.69, 9.17) is 5.73 Å². The first-order valence-electron chi connectivity index (χ1n) is 5.04. The van der Waals surface area contributed by atoms with E-state index in [0.717, 1.165) is 12.2 Å². The molecule has 0 fully saturated rings. The highest BCUT2D eigenvalue weighted by atomic mass is 16.3. The lowest BCUT2D eigenvalue weighted by molar-refractivity contribution is 0.0980. The predicted octanol–water partition coefficient (Wildman–Crippen LogP) is 1.39. The lowest BCUT2D eigenvalue weighted by Gasteiger charge is -2.29. The van der Waals surface area contributed by atoms with Crippen LogP contribution >= 0.6 is 0 Å². The van der Waals surface area contributed by atoms with Gasteiger partial charge in [-0.2, -0.15) is 0 Å². The summed E-state index contributed by atoms with van der Waals surface area (Å²) in [5, 5.41) is 9.51. The first-order chi connectivity index (χ1) is 7.13. The zero-order valence-electron chi connectivity index (χ0n) is 8.66. The van der Waals surface area contributed by atoms with Crippen molar-refractivity contribution >= 4 is 17.2 Å². The van der Waals surface area contributed by atoms with Crippen molar-refractivity contribution in [3.8, 4) is 5.75 Å². The molecular formula is C11H14N2O2. The minimum absolute atomic E-state index is 0.0434. The van der Waals surface area contributed by atoms with Gasteiger partial charge in [0.1, 0.15) is 5.75 Å². The average molecular weight is 206 g/mol. The molecular weight excluding hydrogens is 192 g/mol. The van der Waals surface area contributed by atoms with Gasteiger partial charge in [0.15, 0.2) is 5.78 Å². The third-order valence-corrected chi connectivity index (χ3v) is 2.78. The fourth-order valence-corrected chi connectivity index (χ4v) is 1.90. The molecule has 3 N–H and O–H groups in total. The SMILES string of the molecule is CCN1CCC(=O)c2cc(N)c(O)cc21. The molecule has 0 bridgehead atoms. The Labute approximate surface area is 88.3 Å². The summed E-state index contributed by atoms with van der Waals surface area (Å²) < 4.78 is 0. The molecule has 0 aliphatic carbocycles. The van der Waals surface area contributed by atoms with E-state index < -0.39 is 0 Å². The molecule has 1 aromatic carbocycles. The number of hydrogen-bond acceptors (Lipinski definition) is 4. The number of anilines is 2. The summed E-state index contributed by atoms with van der Waals surface area (Å²) >= 11 is 0. The van der Waals surface area contributed by atoms with Gasteiger partial charge in [0.05, 0.1) is 11.4 Å². The third-order valence-electron chi connectivity index (χ3n) is 2.78. The van der Waals surface area contributed by atoms with Crippen LogP contribution < -0.4 is 10.6 Å². The molecule has 1 heterocycles. The van der Waals surface area contributed by atoms with Crippen LogP contribution in [0.5, 0.6) is 5.75 Å². The smallest absolute Gasteiger partial charge is 0.166 e. The van der Waals surface area contributed by atoms with Gasteiger partial charge in [-0.1, -0.05) is 0 Å². The second kappa shape index (κ2) is 3.46. The Kier molecular flexibility index (Phi) is 2.26. The van der Waals surface area contributed by atoms with Gasteiger partial charge in [0.25, 0.3) is 0 Å². The number of carbonyl (C=O) groups excluding carboxylic acids is 1. The van der Waals surface area contributed by atoms with Crippen LogP contribution in [0.2, 0.25) is 0 Å². The maximum atomic E-state index is 11.6. The lowest BCUT2D eigenvalue weighted by Crippen LogP contribution is -2.31. The number of benzene rings is 1. The Morgan fingerprint density at radius 2 is 2.27 bits per heavy atom. The number of hydrogen-bond donors (Lipinski definition) is 2. The monoisotopic (exact) mass is 206 g/mol. The Morgan fingerprint density at radius 3 is 2.93 bits per heavy atom. The molecule has 0 spiro atoms. The van der Waals surface area contributed by atoms with Crippen molar-refractivity contribution < 1.29 is 9.90 Å². The van der Waals surface area contributed by atoms with Gasteiger partial charge in [-0.05, 0) is 13.0 Å². The van der Waals surface area contributed by atoms with Gasteiger partial charge in [-0.3, -0.25) is 4.79 Å². The number of fused-ring (bicyclic) bond motifs is 1. The quantitative estimate of drug-likeness (QED) is 0.538. The number of aromatic hydroxyl groups is 1. The van der Waals surface area contributed by atoms with Crippen LogP contribution in [-0.4, -0.2) is 24.0 Å². The van der Waals surface area contributed by atoms with E-state index in [1.54, 1.807) is 12.1 Å². The average Bonchev–Trinajstić information content (AvgIpc) is 2.22. The number of Topliss-reactive ketones (excluding diaryl/α,β-unsaturated/α-hetero) is 1. The largest absolute Gasteiger partial charge is 0.506 e. The molecule has 0 unspecified atom stereocenters. The van der Waals surface area contributed by atoms with E-state index in [1.165, 1.54) is 0 Å². The molecule has 15 heavy (non-hydrogen) atoms. The zero-order valence-corrected chi connectivity index (χ0v) is 8.66. The number of phenolic OH excluding ortho intramolecular Hbond substituents is 1. The fraction of sp³-hybridized carbons (Fsp3) is 0.364. The van der Waals surface area contributed by atoms with Crippen LogP contribution in [-0.2, 0) is 0 Å². The number of phenols is 1. The van der Waals surface area contributed by atoms with Crippen LogP contribution in [0.3, 0.4) is 0 Å². The Bertz CT molecular complexity index is 415. The van der Waals surface area contributed by atoms with Crippen molar-refractivity contribution in [2.24, 2.45) is 0 Å². The van der Waals surface area contributed by atoms with Crippen molar-refractivity contribution in [2.45, 2.75) is 13.3 Å². The molecule has 0 saturated carbocycles. The van der Waals surface area contributed by atoms with Crippen LogP contribution in [0.1, 0.15) is 23.7 Å². The Balaban J connectivity index is 2.57. The highest BCUT2D eigenvalue weighted by Gasteiger charge is 2.23. The minimum Gasteiger partial charge on any atom is -0.506 e. The number of nitrogens with two attached hydrogens (primary N) is 1. The van der Waals surface area contributed by atoms with Crippen molar-refractivity contribution in [2.75, 3.05) is 23.7 Å².